The molecule has 1 unspecified atom stereocenters. The summed E-state index contributed by atoms with van der Waals surface area (Å²) in [4.78, 5) is 18.5. The van der Waals surface area contributed by atoms with Crippen molar-refractivity contribution in [3.63, 3.8) is 0 Å². The predicted octanol–water partition coefficient (Wildman–Crippen LogP) is -0.148. The van der Waals surface area contributed by atoms with E-state index in [-0.39, 0.29) is 24.6 Å². The summed E-state index contributed by atoms with van der Waals surface area (Å²) in [5.74, 6) is 0.195. The minimum Gasteiger partial charge on any atom is -0.395 e. The molecule has 1 aliphatic rings. The average Bonchev–Trinajstić information content (AvgIpc) is 2.37. The van der Waals surface area contributed by atoms with Crippen molar-refractivity contribution in [2.45, 2.75) is 32.9 Å². The molecule has 1 heterocycles. The lowest BCUT2D eigenvalue weighted by atomic mass is 10.2. The average molecular weight is 257 g/mol. The molecule has 5 nitrogen and oxygen atoms in total. The third-order valence-electron chi connectivity index (χ3n) is 3.85. The summed E-state index contributed by atoms with van der Waals surface area (Å²) in [5.41, 5.74) is 0. The molecule has 0 aliphatic carbocycles. The first kappa shape index (κ1) is 15.4. The highest BCUT2D eigenvalue weighted by Gasteiger charge is 2.27. The van der Waals surface area contributed by atoms with Gasteiger partial charge in [-0.1, -0.05) is 0 Å². The van der Waals surface area contributed by atoms with Crippen LogP contribution in [0.1, 0.15) is 20.8 Å². The SMILES string of the molecule is CC(C(=O)N(C)C(C)C)N1CCN(CCO)CC1. The summed E-state index contributed by atoms with van der Waals surface area (Å²) in [6.07, 6.45) is 0. The highest BCUT2D eigenvalue weighted by Crippen LogP contribution is 2.09. The summed E-state index contributed by atoms with van der Waals surface area (Å²) < 4.78 is 0. The van der Waals surface area contributed by atoms with E-state index in [1.807, 2.05) is 32.7 Å². The maximum Gasteiger partial charge on any atom is 0.239 e. The van der Waals surface area contributed by atoms with Gasteiger partial charge in [-0.2, -0.15) is 0 Å². The number of carbonyl (C=O) groups excluding carboxylic acids is 1. The normalized spacial score (nSPS) is 20.1. The fourth-order valence-corrected chi connectivity index (χ4v) is 2.22. The van der Waals surface area contributed by atoms with Crippen LogP contribution in [0.25, 0.3) is 0 Å². The topological polar surface area (TPSA) is 47.0 Å². The van der Waals surface area contributed by atoms with Crippen molar-refractivity contribution in [3.05, 3.63) is 0 Å². The van der Waals surface area contributed by atoms with Crippen LogP contribution >= 0.6 is 0 Å². The maximum atomic E-state index is 12.2. The van der Waals surface area contributed by atoms with Gasteiger partial charge in [0.15, 0.2) is 0 Å². The van der Waals surface area contributed by atoms with Gasteiger partial charge in [0.2, 0.25) is 5.91 Å². The fraction of sp³-hybridized carbons (Fsp3) is 0.923. The predicted molar refractivity (Wildman–Crippen MR) is 72.5 cm³/mol. The molecule has 18 heavy (non-hydrogen) atoms. The van der Waals surface area contributed by atoms with Crippen LogP contribution in [0.15, 0.2) is 0 Å². The van der Waals surface area contributed by atoms with Gasteiger partial charge in [0, 0.05) is 45.8 Å². The van der Waals surface area contributed by atoms with E-state index >= 15 is 0 Å². The number of piperazine rings is 1. The number of amides is 1. The molecule has 1 rings (SSSR count). The number of rotatable bonds is 5. The number of hydrogen-bond acceptors (Lipinski definition) is 4. The molecule has 1 fully saturated rings. The number of nitrogens with zero attached hydrogens (tertiary/aromatic N) is 3. The Morgan fingerprint density at radius 2 is 1.78 bits per heavy atom. The minimum absolute atomic E-state index is 0.0475. The molecule has 106 valence electrons. The first-order valence-electron chi connectivity index (χ1n) is 6.81. The Labute approximate surface area is 110 Å². The van der Waals surface area contributed by atoms with Gasteiger partial charge in [-0.3, -0.25) is 14.6 Å². The van der Waals surface area contributed by atoms with Gasteiger partial charge in [-0.15, -0.1) is 0 Å². The molecule has 0 aromatic carbocycles. The van der Waals surface area contributed by atoms with Crippen LogP contribution in [0.4, 0.5) is 0 Å². The Bertz CT molecular complexity index is 263. The lowest BCUT2D eigenvalue weighted by molar-refractivity contribution is -0.137. The second-order valence-corrected chi connectivity index (χ2v) is 5.32. The zero-order valence-electron chi connectivity index (χ0n) is 12.1. The summed E-state index contributed by atoms with van der Waals surface area (Å²) in [7, 11) is 1.87. The lowest BCUT2D eigenvalue weighted by Gasteiger charge is -2.38. The molecular formula is C13H27N3O2. The van der Waals surface area contributed by atoms with Crippen LogP contribution in [0.2, 0.25) is 0 Å². The number of carbonyl (C=O) groups is 1. The van der Waals surface area contributed by atoms with E-state index in [9.17, 15) is 4.79 Å². The van der Waals surface area contributed by atoms with Gasteiger partial charge in [0.05, 0.1) is 12.6 Å². The Kier molecular flexibility index (Phi) is 6.05. The van der Waals surface area contributed by atoms with E-state index < -0.39 is 0 Å². The smallest absolute Gasteiger partial charge is 0.239 e. The van der Waals surface area contributed by atoms with Crippen molar-refractivity contribution in [2.24, 2.45) is 0 Å². The molecule has 0 radical (unpaired) electrons. The molecule has 1 amide bonds. The van der Waals surface area contributed by atoms with Gasteiger partial charge in [0.1, 0.15) is 0 Å². The molecule has 0 aromatic heterocycles. The molecular weight excluding hydrogens is 230 g/mol. The lowest BCUT2D eigenvalue weighted by Crippen LogP contribution is -2.55. The summed E-state index contributed by atoms with van der Waals surface area (Å²) in [6.45, 7) is 10.7. The van der Waals surface area contributed by atoms with Gasteiger partial charge in [0.25, 0.3) is 0 Å². The molecule has 1 N–H and O–H groups in total. The van der Waals surface area contributed by atoms with Crippen LogP contribution in [-0.4, -0.2) is 84.2 Å². The Morgan fingerprint density at radius 3 is 2.22 bits per heavy atom. The standard InChI is InChI=1S/C13H27N3O2/c1-11(2)14(4)13(18)12(3)16-7-5-15(6-8-16)9-10-17/h11-12,17H,5-10H2,1-4H3. The maximum absolute atomic E-state index is 12.2. The number of likely N-dealkylation sites (N-methyl/N-ethyl adjacent to an activating group) is 1. The van der Waals surface area contributed by atoms with Crippen LogP contribution < -0.4 is 0 Å². The van der Waals surface area contributed by atoms with Crippen molar-refractivity contribution < 1.29 is 9.90 Å². The Morgan fingerprint density at radius 1 is 1.22 bits per heavy atom. The van der Waals surface area contributed by atoms with Gasteiger partial charge >= 0.3 is 0 Å². The third-order valence-corrected chi connectivity index (χ3v) is 3.85. The molecule has 0 aromatic rings. The van der Waals surface area contributed by atoms with Gasteiger partial charge in [-0.25, -0.2) is 0 Å². The van der Waals surface area contributed by atoms with Gasteiger partial charge in [-0.05, 0) is 20.8 Å². The molecule has 1 atom stereocenters. The highest BCUT2D eigenvalue weighted by atomic mass is 16.3. The van der Waals surface area contributed by atoms with E-state index in [0.29, 0.717) is 0 Å². The van der Waals surface area contributed by atoms with Crippen LogP contribution in [0.3, 0.4) is 0 Å². The second kappa shape index (κ2) is 7.07. The van der Waals surface area contributed by atoms with Crippen LogP contribution in [-0.2, 0) is 4.79 Å². The molecule has 0 saturated carbocycles. The zero-order valence-corrected chi connectivity index (χ0v) is 12.1. The summed E-state index contributed by atoms with van der Waals surface area (Å²) in [6, 6.07) is 0.198. The van der Waals surface area contributed by atoms with Gasteiger partial charge < -0.3 is 10.0 Å². The fourth-order valence-electron chi connectivity index (χ4n) is 2.22. The number of hydrogen-bond donors (Lipinski definition) is 1. The molecule has 0 spiro atoms. The minimum atomic E-state index is -0.0475. The van der Waals surface area contributed by atoms with E-state index in [0.717, 1.165) is 32.7 Å². The van der Waals surface area contributed by atoms with Crippen molar-refractivity contribution in [2.75, 3.05) is 46.4 Å². The number of aliphatic hydroxyl groups is 1. The quantitative estimate of drug-likeness (QED) is 0.744. The van der Waals surface area contributed by atoms with Crippen molar-refractivity contribution >= 4 is 5.91 Å². The van der Waals surface area contributed by atoms with Crippen molar-refractivity contribution in [1.29, 1.82) is 0 Å². The van der Waals surface area contributed by atoms with Crippen LogP contribution in [0.5, 0.6) is 0 Å². The molecule has 1 saturated heterocycles. The van der Waals surface area contributed by atoms with E-state index in [2.05, 4.69) is 9.80 Å². The second-order valence-electron chi connectivity index (χ2n) is 5.32. The van der Waals surface area contributed by atoms with E-state index in [1.165, 1.54) is 0 Å². The third kappa shape index (κ3) is 3.93. The van der Waals surface area contributed by atoms with Crippen LogP contribution in [0, 0.1) is 0 Å². The highest BCUT2D eigenvalue weighted by molar-refractivity contribution is 5.81. The Hall–Kier alpha value is -0.650. The Balaban J connectivity index is 2.44. The molecule has 5 heteroatoms. The largest absolute Gasteiger partial charge is 0.395 e. The number of β-amino-alcohol motifs (C(OH)–C–C–N with tert-alkyl or cyclic N) is 1. The zero-order chi connectivity index (χ0) is 13.7. The van der Waals surface area contributed by atoms with E-state index in [4.69, 9.17) is 5.11 Å². The molecule has 1 aliphatic heterocycles. The monoisotopic (exact) mass is 257 g/mol. The van der Waals surface area contributed by atoms with Crippen molar-refractivity contribution in [3.8, 4) is 0 Å². The first-order chi connectivity index (χ1) is 8.47. The van der Waals surface area contributed by atoms with E-state index in [1.54, 1.807) is 0 Å². The summed E-state index contributed by atoms with van der Waals surface area (Å²) >= 11 is 0. The molecule has 0 bridgehead atoms. The number of aliphatic hydroxyl groups excluding tert-OH is 1. The van der Waals surface area contributed by atoms with Crippen molar-refractivity contribution in [1.82, 2.24) is 14.7 Å². The first-order valence-corrected chi connectivity index (χ1v) is 6.81. The summed E-state index contributed by atoms with van der Waals surface area (Å²) in [5, 5.41) is 8.90.